The van der Waals surface area contributed by atoms with Crippen LogP contribution in [-0.4, -0.2) is 23.6 Å². The number of esters is 1. The summed E-state index contributed by atoms with van der Waals surface area (Å²) in [4.78, 5) is 11.7. The molecule has 1 unspecified atom stereocenters. The first-order valence-corrected chi connectivity index (χ1v) is 12.3. The van der Waals surface area contributed by atoms with E-state index in [1.54, 1.807) is 11.8 Å². The Morgan fingerprint density at radius 2 is 1.28 bits per heavy atom. The number of hydrogen-bond donors (Lipinski definition) is 0. The van der Waals surface area contributed by atoms with Gasteiger partial charge in [0.2, 0.25) is 0 Å². The highest BCUT2D eigenvalue weighted by Crippen LogP contribution is 2.18. The Morgan fingerprint density at radius 1 is 0.759 bits per heavy atom. The van der Waals surface area contributed by atoms with Gasteiger partial charge in [0, 0.05) is 0 Å². The Kier molecular flexibility index (Phi) is 21.6. The molecule has 0 spiro atoms. The molecule has 0 bridgehead atoms. The van der Waals surface area contributed by atoms with Crippen molar-refractivity contribution < 1.29 is 9.53 Å². The molecule has 0 saturated heterocycles. The molecule has 2 nitrogen and oxygen atoms in total. The second-order valence-electron chi connectivity index (χ2n) is 6.72. The Labute approximate surface area is 184 Å². The minimum atomic E-state index is -0.0576. The van der Waals surface area contributed by atoms with Gasteiger partial charge >= 0.3 is 5.97 Å². The zero-order valence-electron chi connectivity index (χ0n) is 18.9. The molecule has 0 aromatic carbocycles. The molecule has 1 atom stereocenters. The Bertz CT molecular complexity index is 515. The fraction of sp³-hybridized carbons (Fsp3) is 0.577. The number of ether oxygens (including phenoxy) is 1. The van der Waals surface area contributed by atoms with Crippen molar-refractivity contribution in [1.82, 2.24) is 0 Å². The molecule has 3 heteroatoms. The monoisotopic (exact) mass is 418 g/mol. The summed E-state index contributed by atoms with van der Waals surface area (Å²) in [6.07, 6.45) is 31.8. The van der Waals surface area contributed by atoms with Crippen LogP contribution in [0.2, 0.25) is 0 Å². The SMILES string of the molecule is CCC=CCC=CCC=CCC=CCC=CCCCCSC(CC)C(=O)OCC. The number of allylic oxidation sites excluding steroid dienone is 10. The summed E-state index contributed by atoms with van der Waals surface area (Å²) >= 11 is 1.73. The van der Waals surface area contributed by atoms with Gasteiger partial charge in [-0.05, 0) is 70.5 Å². The van der Waals surface area contributed by atoms with E-state index in [-0.39, 0.29) is 11.2 Å². The van der Waals surface area contributed by atoms with E-state index in [2.05, 4.69) is 67.7 Å². The number of carbonyl (C=O) groups excluding carboxylic acids is 1. The van der Waals surface area contributed by atoms with Crippen LogP contribution in [0, 0.1) is 0 Å². The zero-order valence-corrected chi connectivity index (χ0v) is 19.7. The normalized spacial score (nSPS) is 13.6. The second-order valence-corrected chi connectivity index (χ2v) is 8.03. The van der Waals surface area contributed by atoms with Crippen molar-refractivity contribution >= 4 is 17.7 Å². The van der Waals surface area contributed by atoms with Gasteiger partial charge in [-0.1, -0.05) is 74.6 Å². The molecule has 29 heavy (non-hydrogen) atoms. The van der Waals surface area contributed by atoms with Crippen molar-refractivity contribution in [2.75, 3.05) is 12.4 Å². The lowest BCUT2D eigenvalue weighted by molar-refractivity contribution is -0.142. The summed E-state index contributed by atoms with van der Waals surface area (Å²) < 4.78 is 5.10. The van der Waals surface area contributed by atoms with Crippen LogP contribution in [0.5, 0.6) is 0 Å². The third-order valence-corrected chi connectivity index (χ3v) is 5.61. The lowest BCUT2D eigenvalue weighted by Crippen LogP contribution is -2.19. The van der Waals surface area contributed by atoms with Crippen LogP contribution in [0.25, 0.3) is 0 Å². The van der Waals surface area contributed by atoms with Crippen LogP contribution < -0.4 is 0 Å². The molecule has 0 aliphatic rings. The van der Waals surface area contributed by atoms with Crippen molar-refractivity contribution in [1.29, 1.82) is 0 Å². The van der Waals surface area contributed by atoms with Gasteiger partial charge in [-0.3, -0.25) is 4.79 Å². The molecule has 0 aromatic heterocycles. The standard InChI is InChI=1S/C26H42O2S/c1-4-7-8-9-10-11-12-13-14-15-16-17-18-19-20-21-22-23-24-29-25(5-2)26(27)28-6-3/h7-8,10-11,13-14,16-17,19-20,25H,4-6,9,12,15,18,21-24H2,1-3H3. The summed E-state index contributed by atoms with van der Waals surface area (Å²) in [6, 6.07) is 0. The number of unbranched alkanes of at least 4 members (excludes halogenated alkanes) is 2. The van der Waals surface area contributed by atoms with Crippen LogP contribution in [0.1, 0.15) is 78.6 Å². The van der Waals surface area contributed by atoms with Crippen LogP contribution >= 0.6 is 11.8 Å². The summed E-state index contributed by atoms with van der Waals surface area (Å²) in [6.45, 7) is 6.54. The van der Waals surface area contributed by atoms with E-state index in [1.165, 1.54) is 6.42 Å². The minimum absolute atomic E-state index is 0.00338. The van der Waals surface area contributed by atoms with E-state index in [1.807, 2.05) is 13.8 Å². The van der Waals surface area contributed by atoms with Gasteiger partial charge in [0.25, 0.3) is 0 Å². The van der Waals surface area contributed by atoms with E-state index >= 15 is 0 Å². The molecular weight excluding hydrogens is 376 g/mol. The van der Waals surface area contributed by atoms with Crippen molar-refractivity contribution in [2.45, 2.75) is 83.8 Å². The van der Waals surface area contributed by atoms with Crippen LogP contribution in [0.4, 0.5) is 0 Å². The molecule has 0 rings (SSSR count). The van der Waals surface area contributed by atoms with Crippen molar-refractivity contribution in [2.24, 2.45) is 0 Å². The van der Waals surface area contributed by atoms with E-state index in [9.17, 15) is 4.79 Å². The van der Waals surface area contributed by atoms with E-state index < -0.39 is 0 Å². The van der Waals surface area contributed by atoms with Crippen molar-refractivity contribution in [3.63, 3.8) is 0 Å². The third kappa shape index (κ3) is 19.6. The summed E-state index contributed by atoms with van der Waals surface area (Å²) in [7, 11) is 0. The van der Waals surface area contributed by atoms with E-state index in [0.29, 0.717) is 6.61 Å². The van der Waals surface area contributed by atoms with Gasteiger partial charge in [0.15, 0.2) is 0 Å². The fourth-order valence-electron chi connectivity index (χ4n) is 2.55. The predicted molar refractivity (Wildman–Crippen MR) is 131 cm³/mol. The van der Waals surface area contributed by atoms with Crippen molar-refractivity contribution in [3.8, 4) is 0 Å². The molecule has 0 saturated carbocycles. The minimum Gasteiger partial charge on any atom is -0.465 e. The second kappa shape index (κ2) is 22.8. The van der Waals surface area contributed by atoms with Gasteiger partial charge in [-0.2, -0.15) is 0 Å². The molecule has 0 aliphatic carbocycles. The Morgan fingerprint density at radius 3 is 1.76 bits per heavy atom. The maximum Gasteiger partial charge on any atom is 0.319 e. The molecule has 0 aromatic rings. The molecule has 0 fully saturated rings. The number of thioether (sulfide) groups is 1. The lowest BCUT2D eigenvalue weighted by atomic mass is 10.2. The highest BCUT2D eigenvalue weighted by Gasteiger charge is 2.17. The number of hydrogen-bond acceptors (Lipinski definition) is 3. The van der Waals surface area contributed by atoms with Crippen LogP contribution in [0.15, 0.2) is 60.8 Å². The average Bonchev–Trinajstić information content (AvgIpc) is 2.72. The predicted octanol–water partition coefficient (Wildman–Crippen LogP) is 7.98. The maximum absolute atomic E-state index is 11.7. The summed E-state index contributed by atoms with van der Waals surface area (Å²) in [5, 5.41) is 0.00338. The highest BCUT2D eigenvalue weighted by atomic mass is 32.2. The Balaban J connectivity index is 3.58. The Hall–Kier alpha value is -1.48. The lowest BCUT2D eigenvalue weighted by Gasteiger charge is -2.12. The van der Waals surface area contributed by atoms with Crippen molar-refractivity contribution in [3.05, 3.63) is 60.8 Å². The van der Waals surface area contributed by atoms with E-state index in [0.717, 1.165) is 57.1 Å². The largest absolute Gasteiger partial charge is 0.465 e. The molecule has 0 amide bonds. The van der Waals surface area contributed by atoms with Gasteiger partial charge in [-0.15, -0.1) is 11.8 Å². The summed E-state index contributed by atoms with van der Waals surface area (Å²) in [5.41, 5.74) is 0. The fourth-order valence-corrected chi connectivity index (χ4v) is 3.64. The topological polar surface area (TPSA) is 26.3 Å². The molecule has 0 heterocycles. The van der Waals surface area contributed by atoms with Crippen LogP contribution in [0.3, 0.4) is 0 Å². The average molecular weight is 419 g/mol. The van der Waals surface area contributed by atoms with E-state index in [4.69, 9.17) is 4.74 Å². The van der Waals surface area contributed by atoms with Gasteiger partial charge in [0.05, 0.1) is 6.61 Å². The first kappa shape index (κ1) is 27.5. The first-order chi connectivity index (χ1) is 14.3. The maximum atomic E-state index is 11.7. The summed E-state index contributed by atoms with van der Waals surface area (Å²) in [5.74, 6) is 0.972. The van der Waals surface area contributed by atoms with Crippen LogP contribution in [-0.2, 0) is 9.53 Å². The molecular formula is C26H42O2S. The molecule has 0 N–H and O–H groups in total. The quantitative estimate of drug-likeness (QED) is 0.128. The molecule has 0 radical (unpaired) electrons. The molecule has 0 aliphatic heterocycles. The third-order valence-electron chi connectivity index (χ3n) is 4.16. The molecule has 164 valence electrons. The van der Waals surface area contributed by atoms with Gasteiger partial charge in [0.1, 0.15) is 5.25 Å². The van der Waals surface area contributed by atoms with Gasteiger partial charge in [-0.25, -0.2) is 0 Å². The number of carbonyl (C=O) groups is 1. The first-order valence-electron chi connectivity index (χ1n) is 11.3. The highest BCUT2D eigenvalue weighted by molar-refractivity contribution is 8.00. The van der Waals surface area contributed by atoms with Gasteiger partial charge < -0.3 is 4.74 Å². The zero-order chi connectivity index (χ0) is 21.4. The smallest absolute Gasteiger partial charge is 0.319 e. The number of rotatable bonds is 18.